The molecule has 29 heteroatoms. The number of aromatic nitrogens is 9. The van der Waals surface area contributed by atoms with Crippen LogP contribution in [0.2, 0.25) is 0 Å². The molecule has 0 aliphatic carbocycles. The summed E-state index contributed by atoms with van der Waals surface area (Å²) in [4.78, 5) is 63.5. The minimum absolute atomic E-state index is 0.108. The number of benzene rings is 3. The summed E-state index contributed by atoms with van der Waals surface area (Å²) < 4.78 is 107. The van der Waals surface area contributed by atoms with E-state index in [1.165, 1.54) is 68.3 Å². The zero-order valence-electron chi connectivity index (χ0n) is 54.0. The van der Waals surface area contributed by atoms with Gasteiger partial charge in [0, 0.05) is 141 Å². The second-order valence-electron chi connectivity index (χ2n) is 24.7. The van der Waals surface area contributed by atoms with Gasteiger partial charge in [-0.15, -0.1) is 0 Å². The molecule has 0 bridgehead atoms. The van der Waals surface area contributed by atoms with Gasteiger partial charge in [0.2, 0.25) is 0 Å². The van der Waals surface area contributed by atoms with Crippen molar-refractivity contribution in [3.05, 3.63) is 244 Å². The first kappa shape index (κ1) is 68.0. The van der Waals surface area contributed by atoms with Crippen LogP contribution in [0, 0.1) is 17.5 Å². The SMILES string of the molecule is O=c1cc(-c2cn(COP(=O)(OCn3cc(-c4ccn(Cc5cc(F)cc(Br)c5)c(=O)c4)c4cc(N5CCOCC5)cnc43)OCn3cc(-c4ccn(Cc5cc(F)cc(Br)c5)c(=O)c4)c4cc(N5CCOCC5)cnc43)c3ncc(N4CCOCC4)cc23)ccn1Cc1cc(F)cc(Br)c1. The Morgan fingerprint density at radius 3 is 0.950 bits per heavy atom. The Hall–Kier alpha value is -8.80. The van der Waals surface area contributed by atoms with E-state index in [1.54, 1.807) is 106 Å². The van der Waals surface area contributed by atoms with Gasteiger partial charge in [-0.25, -0.2) is 32.7 Å². The quantitative estimate of drug-likeness (QED) is 0.0614. The Labute approximate surface area is 600 Å². The molecular weight excluding hydrogens is 1520 g/mol. The van der Waals surface area contributed by atoms with Crippen LogP contribution in [0.5, 0.6) is 0 Å². The number of rotatable bonds is 21. The maximum Gasteiger partial charge on any atom is 0.480 e. The van der Waals surface area contributed by atoms with E-state index in [2.05, 4.69) is 62.5 Å². The Morgan fingerprint density at radius 1 is 0.396 bits per heavy atom. The third kappa shape index (κ3) is 15.1. The third-order valence-electron chi connectivity index (χ3n) is 18.0. The van der Waals surface area contributed by atoms with E-state index < -0.39 is 45.5 Å². The van der Waals surface area contributed by atoms with E-state index in [-0.39, 0.29) is 36.3 Å². The van der Waals surface area contributed by atoms with Gasteiger partial charge in [0.05, 0.1) is 94.9 Å². The molecule has 3 aliphatic heterocycles. The van der Waals surface area contributed by atoms with Gasteiger partial charge in [-0.3, -0.25) is 28.0 Å². The minimum atomic E-state index is -4.86. The molecule has 0 unspecified atom stereocenters. The predicted octanol–water partition coefficient (Wildman–Crippen LogP) is 13.0. The highest BCUT2D eigenvalue weighted by Gasteiger charge is 2.31. The van der Waals surface area contributed by atoms with E-state index in [0.29, 0.717) is 175 Å². The summed E-state index contributed by atoms with van der Waals surface area (Å²) >= 11 is 10.1. The summed E-state index contributed by atoms with van der Waals surface area (Å²) in [6, 6.07) is 29.3. The number of fused-ring (bicyclic) bond motifs is 3. The van der Waals surface area contributed by atoms with Gasteiger partial charge in [0.1, 0.15) is 54.6 Å². The number of phosphoric acid groups is 1. The molecule has 15 rings (SSSR count). The standard InChI is InChI=1S/C72H63Br3F3N12O10P/c73-52-19-46(22-55(76)28-52)37-85-4-1-49(25-67(85)91)64-40-88(70-61(64)31-58(34-79-70)82-7-13-95-14-8-82)43-98-101(94,99-44-89-41-65(62-32-59(35-80-71(62)89)83-9-15-96-16-10-83)50-2-5-86(68(92)26-50)38-47-20-53(74)29-56(77)23-47)100-45-90-42-66(63-33-60(36-81-72(63)90)84-11-17-97-18-12-84)51-3-6-87(69(93)27-51)39-48-21-54(75)30-57(78)24-48/h1-6,19-36,40-42H,7-18,37-39,43-45H2. The van der Waals surface area contributed by atoms with Crippen molar-refractivity contribution in [3.63, 3.8) is 0 Å². The molecule has 9 aromatic heterocycles. The summed E-state index contributed by atoms with van der Waals surface area (Å²) in [6.45, 7) is 5.72. The molecule has 0 N–H and O–H groups in total. The Bertz CT molecular complexity index is 4820. The number of phosphoric ester groups is 1. The molecule has 3 aliphatic rings. The zero-order chi connectivity index (χ0) is 69.5. The topological polar surface area (TPSA) is 202 Å². The van der Waals surface area contributed by atoms with Crippen molar-refractivity contribution >= 4 is 106 Å². The number of hydrogen-bond acceptors (Lipinski definition) is 16. The van der Waals surface area contributed by atoms with Gasteiger partial charge in [0.15, 0.2) is 0 Å². The van der Waals surface area contributed by atoms with E-state index in [4.69, 9.17) is 42.7 Å². The van der Waals surface area contributed by atoms with Crippen molar-refractivity contribution in [2.45, 2.75) is 39.8 Å². The van der Waals surface area contributed by atoms with Crippen LogP contribution >= 0.6 is 55.6 Å². The van der Waals surface area contributed by atoms with Gasteiger partial charge in [-0.05, 0) is 124 Å². The minimum Gasteiger partial charge on any atom is -0.378 e. The lowest BCUT2D eigenvalue weighted by Crippen LogP contribution is -2.36. The average Bonchev–Trinajstić information content (AvgIpc) is 1.64. The van der Waals surface area contributed by atoms with Gasteiger partial charge >= 0.3 is 7.82 Å². The fraction of sp³-hybridized carbons (Fsp3) is 0.250. The molecule has 518 valence electrons. The number of hydrogen-bond donors (Lipinski definition) is 0. The van der Waals surface area contributed by atoms with Crippen LogP contribution < -0.4 is 31.4 Å². The normalized spacial score (nSPS) is 14.7. The second kappa shape index (κ2) is 29.3. The van der Waals surface area contributed by atoms with Crippen LogP contribution in [0.15, 0.2) is 193 Å². The second-order valence-corrected chi connectivity index (χ2v) is 29.1. The lowest BCUT2D eigenvalue weighted by atomic mass is 10.1. The van der Waals surface area contributed by atoms with Crippen LogP contribution in [-0.2, 0) is 72.2 Å². The van der Waals surface area contributed by atoms with Gasteiger partial charge < -0.3 is 56.3 Å². The van der Waals surface area contributed by atoms with Crippen molar-refractivity contribution < 1.29 is 45.5 Å². The smallest absolute Gasteiger partial charge is 0.378 e. The number of morpholine rings is 3. The molecule has 3 saturated heterocycles. The first-order chi connectivity index (χ1) is 49.0. The molecule has 0 atom stereocenters. The molecule has 22 nitrogen and oxygen atoms in total. The highest BCUT2D eigenvalue weighted by molar-refractivity contribution is 9.11. The molecule has 3 aromatic carbocycles. The zero-order valence-corrected chi connectivity index (χ0v) is 59.6. The predicted molar refractivity (Wildman–Crippen MR) is 388 cm³/mol. The Kier molecular flexibility index (Phi) is 19.7. The molecule has 0 radical (unpaired) electrons. The summed E-state index contributed by atoms with van der Waals surface area (Å²) in [5, 5.41) is 1.94. The summed E-state index contributed by atoms with van der Waals surface area (Å²) in [5.74, 6) is -1.33. The number of halogens is 6. The van der Waals surface area contributed by atoms with E-state index in [0.717, 1.165) is 17.1 Å². The lowest BCUT2D eigenvalue weighted by molar-refractivity contribution is 0.0564. The average molecular weight is 1580 g/mol. The molecule has 0 amide bonds. The van der Waals surface area contributed by atoms with Crippen LogP contribution in [0.4, 0.5) is 30.2 Å². The van der Waals surface area contributed by atoms with Gasteiger partial charge in [0.25, 0.3) is 16.7 Å². The Morgan fingerprint density at radius 2 is 0.683 bits per heavy atom. The lowest BCUT2D eigenvalue weighted by Gasteiger charge is -2.28. The molecule has 0 saturated carbocycles. The maximum absolute atomic E-state index is 16.1. The molecule has 101 heavy (non-hydrogen) atoms. The van der Waals surface area contributed by atoms with Crippen LogP contribution in [0.25, 0.3) is 66.5 Å². The summed E-state index contributed by atoms with van der Waals surface area (Å²) in [6.07, 6.45) is 15.5. The van der Waals surface area contributed by atoms with Crippen molar-refractivity contribution in [1.29, 1.82) is 0 Å². The molecule has 12 heterocycles. The van der Waals surface area contributed by atoms with Crippen LogP contribution in [0.3, 0.4) is 0 Å². The highest BCUT2D eigenvalue weighted by Crippen LogP contribution is 2.52. The maximum atomic E-state index is 16.1. The Balaban J connectivity index is 0.805. The molecule has 0 spiro atoms. The number of pyridine rings is 6. The number of anilines is 3. The van der Waals surface area contributed by atoms with E-state index in [1.807, 2.05) is 18.2 Å². The van der Waals surface area contributed by atoms with E-state index in [9.17, 15) is 27.6 Å². The molecule has 12 aromatic rings. The molecular formula is C72H63Br3F3N12O10P. The van der Waals surface area contributed by atoms with Gasteiger partial charge in [-0.1, -0.05) is 47.8 Å². The van der Waals surface area contributed by atoms with Crippen molar-refractivity contribution in [3.8, 4) is 33.4 Å². The number of ether oxygens (including phenoxy) is 3. The third-order valence-corrected chi connectivity index (χ3v) is 20.7. The fourth-order valence-corrected chi connectivity index (χ4v) is 15.6. The van der Waals surface area contributed by atoms with Crippen molar-refractivity contribution in [1.82, 2.24) is 42.4 Å². The van der Waals surface area contributed by atoms with Crippen LogP contribution in [0.1, 0.15) is 16.7 Å². The fourth-order valence-electron chi connectivity index (χ4n) is 13.1. The van der Waals surface area contributed by atoms with Gasteiger partial charge in [-0.2, -0.15) is 0 Å². The monoisotopic (exact) mass is 1580 g/mol. The van der Waals surface area contributed by atoms with Crippen molar-refractivity contribution in [2.24, 2.45) is 0 Å². The summed E-state index contributed by atoms with van der Waals surface area (Å²) in [7, 11) is -4.86. The first-order valence-corrected chi connectivity index (χ1v) is 36.3. The largest absolute Gasteiger partial charge is 0.480 e. The molecule has 3 fully saturated rings. The summed E-state index contributed by atoms with van der Waals surface area (Å²) in [5.41, 5.74) is 7.83. The highest BCUT2D eigenvalue weighted by atomic mass is 79.9. The number of nitrogens with zero attached hydrogens (tertiary/aromatic N) is 12. The van der Waals surface area contributed by atoms with Crippen LogP contribution in [-0.4, -0.2) is 121 Å². The first-order valence-electron chi connectivity index (χ1n) is 32.4. The van der Waals surface area contributed by atoms with Crippen molar-refractivity contribution in [2.75, 3.05) is 93.6 Å². The van der Waals surface area contributed by atoms with E-state index >= 15 is 4.57 Å².